The summed E-state index contributed by atoms with van der Waals surface area (Å²) in [7, 11) is 3.46. The van der Waals surface area contributed by atoms with E-state index in [1.807, 2.05) is 43.8 Å². The number of amides is 3. The summed E-state index contributed by atoms with van der Waals surface area (Å²) < 4.78 is 20.5. The molecule has 1 N–H and O–H groups in total. The van der Waals surface area contributed by atoms with E-state index in [0.717, 1.165) is 17.0 Å². The Kier molecular flexibility index (Phi) is 7.63. The smallest absolute Gasteiger partial charge is 0.318 e. The van der Waals surface area contributed by atoms with Gasteiger partial charge in [-0.25, -0.2) is 14.2 Å². The Balaban J connectivity index is 1.87. The summed E-state index contributed by atoms with van der Waals surface area (Å²) >= 11 is 0. The van der Waals surface area contributed by atoms with Crippen molar-refractivity contribution in [2.24, 2.45) is 12.1 Å². The Morgan fingerprint density at radius 3 is 2.59 bits per heavy atom. The van der Waals surface area contributed by atoms with Crippen LogP contribution in [0.25, 0.3) is 0 Å². The minimum atomic E-state index is -0.384. The van der Waals surface area contributed by atoms with Crippen LogP contribution in [0.4, 0.5) is 9.18 Å². The minimum absolute atomic E-state index is 0.0663. The van der Waals surface area contributed by atoms with E-state index in [2.05, 4.69) is 10.4 Å². The molecule has 3 amide bonds. The molecule has 0 fully saturated rings. The lowest BCUT2D eigenvalue weighted by Gasteiger charge is -2.27. The molecule has 0 unspecified atom stereocenters. The lowest BCUT2D eigenvalue weighted by molar-refractivity contribution is -0.133. The number of carbonyl (C=O) groups is 2. The summed E-state index contributed by atoms with van der Waals surface area (Å²) in [6.45, 7) is 4.14. The maximum Gasteiger partial charge on any atom is 0.318 e. The number of ether oxygens (including phenoxy) is 1. The summed E-state index contributed by atoms with van der Waals surface area (Å²) in [6, 6.07) is 9.14. The second kappa shape index (κ2) is 10.4. The quantitative estimate of drug-likeness (QED) is 0.681. The molecule has 0 aliphatic carbocycles. The summed E-state index contributed by atoms with van der Waals surface area (Å²) in [5.74, 6) is -0.664. The molecule has 1 atom stereocenters. The lowest BCUT2D eigenvalue weighted by atomic mass is 10.0. The van der Waals surface area contributed by atoms with Gasteiger partial charge in [0.15, 0.2) is 0 Å². The number of hydrazone groups is 1. The van der Waals surface area contributed by atoms with Gasteiger partial charge in [-0.3, -0.25) is 4.79 Å². The fourth-order valence-corrected chi connectivity index (χ4v) is 3.63. The van der Waals surface area contributed by atoms with E-state index < -0.39 is 0 Å². The zero-order valence-corrected chi connectivity index (χ0v) is 18.9. The molecule has 1 aromatic carbocycles. The molecule has 9 heteroatoms. The highest BCUT2D eigenvalue weighted by Crippen LogP contribution is 2.33. The molecule has 0 bridgehead atoms. The number of rotatable bonds is 8. The monoisotopic (exact) mass is 443 g/mol. The number of hydrogen-bond acceptors (Lipinski definition) is 4. The number of hydrogen-bond donors (Lipinski definition) is 1. The number of nitrogens with one attached hydrogen (secondary N) is 1. The van der Waals surface area contributed by atoms with Gasteiger partial charge in [0.1, 0.15) is 12.4 Å². The molecule has 1 aromatic heterocycles. The van der Waals surface area contributed by atoms with Crippen LogP contribution in [-0.4, -0.2) is 65.0 Å². The van der Waals surface area contributed by atoms with Gasteiger partial charge in [0.05, 0.1) is 24.1 Å². The van der Waals surface area contributed by atoms with Crippen LogP contribution in [-0.2, 0) is 16.6 Å². The predicted octanol–water partition coefficient (Wildman–Crippen LogP) is 2.91. The molecule has 2 heterocycles. The highest BCUT2D eigenvalue weighted by molar-refractivity contribution is 6.02. The van der Waals surface area contributed by atoms with Crippen molar-refractivity contribution in [1.29, 1.82) is 0 Å². The summed E-state index contributed by atoms with van der Waals surface area (Å²) in [4.78, 5) is 27.4. The van der Waals surface area contributed by atoms with E-state index in [0.29, 0.717) is 13.0 Å². The van der Waals surface area contributed by atoms with Crippen molar-refractivity contribution in [3.63, 3.8) is 0 Å². The Bertz CT molecular complexity index is 970. The van der Waals surface area contributed by atoms with Gasteiger partial charge in [0.2, 0.25) is 0 Å². The van der Waals surface area contributed by atoms with Gasteiger partial charge in [-0.05, 0) is 43.7 Å². The topological polar surface area (TPSA) is 79.2 Å². The van der Waals surface area contributed by atoms with Crippen molar-refractivity contribution in [3.05, 3.63) is 59.7 Å². The van der Waals surface area contributed by atoms with Gasteiger partial charge in [-0.15, -0.1) is 0 Å². The molecule has 1 aliphatic rings. The fraction of sp³-hybridized carbons (Fsp3) is 0.435. The molecule has 2 aromatic rings. The molecular weight excluding hydrogens is 413 g/mol. The molecule has 172 valence electrons. The van der Waals surface area contributed by atoms with Crippen LogP contribution in [0.3, 0.4) is 0 Å². The third-order valence-electron chi connectivity index (χ3n) is 5.25. The lowest BCUT2D eigenvalue weighted by Crippen LogP contribution is -2.48. The second-order valence-electron chi connectivity index (χ2n) is 8.08. The van der Waals surface area contributed by atoms with E-state index >= 15 is 0 Å². The molecule has 0 radical (unpaired) electrons. The standard InChI is InChI=1S/C23H30FN5O3/c1-16(2)25-23(31)28(12-13-32-4)15-22(30)29-21(17-7-9-18(24)10-8-17)14-19(26-29)20-6-5-11-27(20)3/h5-11,16,21H,12-15H2,1-4H3,(H,25,31)/t21-/m1/s1. The van der Waals surface area contributed by atoms with Gasteiger partial charge in [0.25, 0.3) is 5.91 Å². The van der Waals surface area contributed by atoms with Crippen LogP contribution in [0.15, 0.2) is 47.7 Å². The third-order valence-corrected chi connectivity index (χ3v) is 5.25. The number of carbonyl (C=O) groups excluding carboxylic acids is 2. The number of urea groups is 1. The summed E-state index contributed by atoms with van der Waals surface area (Å²) in [5.41, 5.74) is 2.44. The van der Waals surface area contributed by atoms with E-state index in [-0.39, 0.29) is 42.9 Å². The molecule has 0 saturated heterocycles. The normalized spacial score (nSPS) is 15.8. The predicted molar refractivity (Wildman–Crippen MR) is 120 cm³/mol. The second-order valence-corrected chi connectivity index (χ2v) is 8.08. The first-order valence-electron chi connectivity index (χ1n) is 10.6. The Hall–Kier alpha value is -3.20. The molecule has 0 spiro atoms. The van der Waals surface area contributed by atoms with Gasteiger partial charge >= 0.3 is 6.03 Å². The largest absolute Gasteiger partial charge is 0.383 e. The fourth-order valence-electron chi connectivity index (χ4n) is 3.63. The number of aromatic nitrogens is 1. The van der Waals surface area contributed by atoms with E-state index in [1.54, 1.807) is 19.2 Å². The summed E-state index contributed by atoms with van der Waals surface area (Å²) in [5, 5.41) is 8.85. The summed E-state index contributed by atoms with van der Waals surface area (Å²) in [6.07, 6.45) is 2.41. The maximum atomic E-state index is 13.5. The number of methoxy groups -OCH3 is 1. The average Bonchev–Trinajstić information content (AvgIpc) is 3.37. The van der Waals surface area contributed by atoms with Crippen molar-refractivity contribution in [2.45, 2.75) is 32.4 Å². The van der Waals surface area contributed by atoms with Gasteiger partial charge < -0.3 is 19.5 Å². The molecule has 1 aliphatic heterocycles. The number of aryl methyl sites for hydroxylation is 1. The number of halogens is 1. The third kappa shape index (κ3) is 5.53. The van der Waals surface area contributed by atoms with Crippen LogP contribution in [0.5, 0.6) is 0 Å². The molecule has 3 rings (SSSR count). The maximum absolute atomic E-state index is 13.5. The Morgan fingerprint density at radius 1 is 1.28 bits per heavy atom. The van der Waals surface area contributed by atoms with Gasteiger partial charge in [-0.1, -0.05) is 12.1 Å². The first-order valence-corrected chi connectivity index (χ1v) is 10.6. The highest BCUT2D eigenvalue weighted by atomic mass is 19.1. The first kappa shape index (κ1) is 23.5. The molecule has 8 nitrogen and oxygen atoms in total. The molecular formula is C23H30FN5O3. The van der Waals surface area contributed by atoms with E-state index in [4.69, 9.17) is 4.74 Å². The first-order chi connectivity index (χ1) is 15.3. The zero-order valence-electron chi connectivity index (χ0n) is 18.9. The van der Waals surface area contributed by atoms with E-state index in [9.17, 15) is 14.0 Å². The van der Waals surface area contributed by atoms with Crippen molar-refractivity contribution >= 4 is 17.6 Å². The molecule has 0 saturated carbocycles. The van der Waals surface area contributed by atoms with Gasteiger partial charge in [0, 0.05) is 39.4 Å². The number of nitrogens with zero attached hydrogens (tertiary/aromatic N) is 4. The zero-order chi connectivity index (χ0) is 23.3. The van der Waals surface area contributed by atoms with Crippen LogP contribution in [0.2, 0.25) is 0 Å². The Morgan fingerprint density at radius 2 is 2.00 bits per heavy atom. The van der Waals surface area contributed by atoms with Gasteiger partial charge in [-0.2, -0.15) is 5.10 Å². The minimum Gasteiger partial charge on any atom is -0.383 e. The SMILES string of the molecule is COCCN(CC(=O)N1N=C(c2cccn2C)C[C@@H]1c1ccc(F)cc1)C(=O)NC(C)C. The van der Waals surface area contributed by atoms with Crippen LogP contribution in [0.1, 0.15) is 37.6 Å². The van der Waals surface area contributed by atoms with E-state index in [1.165, 1.54) is 22.0 Å². The van der Waals surface area contributed by atoms with Crippen molar-refractivity contribution in [3.8, 4) is 0 Å². The van der Waals surface area contributed by atoms with Crippen LogP contribution < -0.4 is 5.32 Å². The van der Waals surface area contributed by atoms with Crippen LogP contribution >= 0.6 is 0 Å². The van der Waals surface area contributed by atoms with Crippen molar-refractivity contribution in [2.75, 3.05) is 26.8 Å². The molecule has 32 heavy (non-hydrogen) atoms. The van der Waals surface area contributed by atoms with Crippen LogP contribution in [0, 0.1) is 5.82 Å². The highest BCUT2D eigenvalue weighted by Gasteiger charge is 2.35. The van der Waals surface area contributed by atoms with Crippen molar-refractivity contribution < 1.29 is 18.7 Å². The average molecular weight is 444 g/mol. The van der Waals surface area contributed by atoms with Crippen molar-refractivity contribution in [1.82, 2.24) is 19.8 Å². The Labute approximate surface area is 187 Å². The number of benzene rings is 1.